The fourth-order valence-electron chi connectivity index (χ4n) is 3.88. The summed E-state index contributed by atoms with van der Waals surface area (Å²) in [6.07, 6.45) is 2.65. The van der Waals surface area contributed by atoms with E-state index in [-0.39, 0.29) is 6.03 Å². The van der Waals surface area contributed by atoms with Crippen LogP contribution in [0.1, 0.15) is 12.5 Å². The fourth-order valence-corrected chi connectivity index (χ4v) is 3.88. The highest BCUT2D eigenvalue weighted by atomic mass is 16.2. The quantitative estimate of drug-likeness (QED) is 0.835. The first-order chi connectivity index (χ1) is 14.6. The van der Waals surface area contributed by atoms with Crippen LogP contribution in [-0.2, 0) is 6.42 Å². The number of rotatable bonds is 4. The van der Waals surface area contributed by atoms with Crippen molar-refractivity contribution in [2.45, 2.75) is 13.3 Å². The molecule has 2 aliphatic rings. The highest BCUT2D eigenvalue weighted by Crippen LogP contribution is 2.20. The molecule has 2 amide bonds. The molecule has 0 bridgehead atoms. The maximum atomic E-state index is 12.6. The summed E-state index contributed by atoms with van der Waals surface area (Å²) in [6, 6.07) is 10.1. The summed E-state index contributed by atoms with van der Waals surface area (Å²) in [6.45, 7) is 9.07. The summed E-state index contributed by atoms with van der Waals surface area (Å²) in [7, 11) is 2.15. The number of hydrogen-bond acceptors (Lipinski definition) is 6. The highest BCUT2D eigenvalue weighted by Gasteiger charge is 2.23. The minimum atomic E-state index is -0.0419. The van der Waals surface area contributed by atoms with E-state index in [4.69, 9.17) is 0 Å². The maximum absolute atomic E-state index is 12.6. The Morgan fingerprint density at radius 1 is 0.900 bits per heavy atom. The lowest BCUT2D eigenvalue weighted by molar-refractivity contribution is 0.208. The molecule has 0 saturated carbocycles. The van der Waals surface area contributed by atoms with E-state index >= 15 is 0 Å². The predicted molar refractivity (Wildman–Crippen MR) is 120 cm³/mol. The predicted octanol–water partition coefficient (Wildman–Crippen LogP) is 2.14. The third kappa shape index (κ3) is 4.81. The number of nitrogens with one attached hydrogen (secondary N) is 1. The number of anilines is 3. The average molecular weight is 410 g/mol. The van der Waals surface area contributed by atoms with Crippen LogP contribution in [0.2, 0.25) is 0 Å². The zero-order valence-corrected chi connectivity index (χ0v) is 17.9. The number of urea groups is 1. The molecular formula is C22H31N7O. The van der Waals surface area contributed by atoms with E-state index in [0.717, 1.165) is 63.0 Å². The number of likely N-dealkylation sites (N-methyl/N-ethyl adjacent to an activating group) is 1. The summed E-state index contributed by atoms with van der Waals surface area (Å²) in [5.41, 5.74) is 2.11. The number of aryl methyl sites for hydroxylation is 1. The molecule has 2 aromatic rings. The van der Waals surface area contributed by atoms with E-state index in [1.807, 2.05) is 17.0 Å². The lowest BCUT2D eigenvalue weighted by atomic mass is 10.1. The van der Waals surface area contributed by atoms with Crippen LogP contribution in [0.5, 0.6) is 0 Å². The summed E-state index contributed by atoms with van der Waals surface area (Å²) >= 11 is 0. The number of carbonyl (C=O) groups is 1. The van der Waals surface area contributed by atoms with Crippen LogP contribution in [0.4, 0.5) is 22.1 Å². The van der Waals surface area contributed by atoms with Crippen molar-refractivity contribution in [2.75, 3.05) is 74.5 Å². The molecule has 1 N–H and O–H groups in total. The molecular weight excluding hydrogens is 378 g/mol. The zero-order chi connectivity index (χ0) is 20.9. The van der Waals surface area contributed by atoms with Crippen LogP contribution in [0, 0.1) is 0 Å². The van der Waals surface area contributed by atoms with Gasteiger partial charge in [-0.25, -0.2) is 14.8 Å². The molecule has 1 aromatic heterocycles. The Hall–Kier alpha value is -2.87. The minimum absolute atomic E-state index is 0.0419. The van der Waals surface area contributed by atoms with E-state index in [2.05, 4.69) is 62.2 Å². The molecule has 30 heavy (non-hydrogen) atoms. The van der Waals surface area contributed by atoms with Gasteiger partial charge in [0.05, 0.1) is 0 Å². The lowest BCUT2D eigenvalue weighted by Crippen LogP contribution is -2.50. The molecule has 8 nitrogen and oxygen atoms in total. The molecule has 0 spiro atoms. The topological polar surface area (TPSA) is 67.8 Å². The van der Waals surface area contributed by atoms with E-state index in [0.29, 0.717) is 13.1 Å². The van der Waals surface area contributed by atoms with E-state index < -0.39 is 0 Å². The van der Waals surface area contributed by atoms with Crippen molar-refractivity contribution >= 4 is 23.4 Å². The molecule has 2 aliphatic heterocycles. The molecule has 0 unspecified atom stereocenters. The molecule has 8 heteroatoms. The number of nitrogens with zero attached hydrogens (tertiary/aromatic N) is 6. The van der Waals surface area contributed by atoms with Crippen LogP contribution < -0.4 is 15.1 Å². The number of amides is 2. The second-order valence-corrected chi connectivity index (χ2v) is 7.98. The number of aromatic nitrogens is 2. The van der Waals surface area contributed by atoms with E-state index in [1.54, 1.807) is 6.33 Å². The molecule has 4 rings (SSSR count). The fraction of sp³-hybridized carbons (Fsp3) is 0.500. The monoisotopic (exact) mass is 409 g/mol. The molecule has 0 atom stereocenters. The Balaban J connectivity index is 1.31. The van der Waals surface area contributed by atoms with Gasteiger partial charge in [-0.1, -0.05) is 19.1 Å². The molecule has 2 saturated heterocycles. The van der Waals surface area contributed by atoms with Gasteiger partial charge in [0.1, 0.15) is 18.0 Å². The molecule has 2 fully saturated rings. The SMILES string of the molecule is CCc1ccc(NC(=O)N2CCN(c3cc(N4CCN(C)CC4)ncn3)CC2)cc1. The van der Waals surface area contributed by atoms with Crippen molar-refractivity contribution in [3.05, 3.63) is 42.2 Å². The van der Waals surface area contributed by atoms with Crippen LogP contribution in [0.25, 0.3) is 0 Å². The Morgan fingerprint density at radius 3 is 2.03 bits per heavy atom. The van der Waals surface area contributed by atoms with E-state index in [9.17, 15) is 4.79 Å². The number of benzene rings is 1. The summed E-state index contributed by atoms with van der Waals surface area (Å²) in [5, 5.41) is 3.01. The zero-order valence-electron chi connectivity index (χ0n) is 17.9. The van der Waals surface area contributed by atoms with Gasteiger partial charge in [0, 0.05) is 64.1 Å². The summed E-state index contributed by atoms with van der Waals surface area (Å²) in [4.78, 5) is 30.3. The van der Waals surface area contributed by atoms with Crippen LogP contribution in [0.3, 0.4) is 0 Å². The molecule has 1 aromatic carbocycles. The van der Waals surface area contributed by atoms with Crippen molar-refractivity contribution in [2.24, 2.45) is 0 Å². The average Bonchev–Trinajstić information content (AvgIpc) is 2.80. The smallest absolute Gasteiger partial charge is 0.321 e. The second-order valence-electron chi connectivity index (χ2n) is 7.98. The largest absolute Gasteiger partial charge is 0.354 e. The number of hydrogen-bond donors (Lipinski definition) is 1. The van der Waals surface area contributed by atoms with Gasteiger partial charge < -0.3 is 24.9 Å². The normalized spacial score (nSPS) is 17.9. The second kappa shape index (κ2) is 9.30. The Bertz CT molecular complexity index is 841. The lowest BCUT2D eigenvalue weighted by Gasteiger charge is -2.36. The first-order valence-electron chi connectivity index (χ1n) is 10.8. The van der Waals surface area contributed by atoms with Crippen LogP contribution in [0.15, 0.2) is 36.7 Å². The highest BCUT2D eigenvalue weighted by molar-refractivity contribution is 5.89. The Morgan fingerprint density at radius 2 is 1.47 bits per heavy atom. The molecule has 160 valence electrons. The van der Waals surface area contributed by atoms with Crippen molar-refractivity contribution in [1.82, 2.24) is 19.8 Å². The Labute approximate surface area is 178 Å². The third-order valence-electron chi connectivity index (χ3n) is 5.97. The van der Waals surface area contributed by atoms with E-state index in [1.165, 1.54) is 5.56 Å². The summed E-state index contributed by atoms with van der Waals surface area (Å²) < 4.78 is 0. The van der Waals surface area contributed by atoms with Crippen molar-refractivity contribution in [1.29, 1.82) is 0 Å². The van der Waals surface area contributed by atoms with Gasteiger partial charge in [-0.2, -0.15) is 0 Å². The van der Waals surface area contributed by atoms with Crippen molar-refractivity contribution in [3.8, 4) is 0 Å². The van der Waals surface area contributed by atoms with Crippen molar-refractivity contribution in [3.63, 3.8) is 0 Å². The summed E-state index contributed by atoms with van der Waals surface area (Å²) in [5.74, 6) is 1.93. The van der Waals surface area contributed by atoms with Gasteiger partial charge in [0.25, 0.3) is 0 Å². The van der Waals surface area contributed by atoms with Gasteiger partial charge in [0.2, 0.25) is 0 Å². The van der Waals surface area contributed by atoms with Crippen LogP contribution >= 0.6 is 0 Å². The standard InChI is InChI=1S/C22H31N7O/c1-3-18-4-6-19(7-5-18)25-22(30)29-14-12-28(13-15-29)21-16-20(23-17-24-21)27-10-8-26(2)9-11-27/h4-7,16-17H,3,8-15H2,1-2H3,(H,25,30). The van der Waals surface area contributed by atoms with Crippen molar-refractivity contribution < 1.29 is 4.79 Å². The molecule has 3 heterocycles. The number of carbonyl (C=O) groups excluding carboxylic acids is 1. The van der Waals surface area contributed by atoms with Gasteiger partial charge in [-0.05, 0) is 31.2 Å². The van der Waals surface area contributed by atoms with Gasteiger partial charge >= 0.3 is 6.03 Å². The first kappa shape index (κ1) is 20.4. The number of piperazine rings is 2. The first-order valence-corrected chi connectivity index (χ1v) is 10.8. The molecule has 0 aliphatic carbocycles. The van der Waals surface area contributed by atoms with Gasteiger partial charge in [-0.15, -0.1) is 0 Å². The Kier molecular flexibility index (Phi) is 6.32. The third-order valence-corrected chi connectivity index (χ3v) is 5.97. The maximum Gasteiger partial charge on any atom is 0.321 e. The molecule has 0 radical (unpaired) electrons. The van der Waals surface area contributed by atoms with Gasteiger partial charge in [0.15, 0.2) is 0 Å². The minimum Gasteiger partial charge on any atom is -0.354 e. The van der Waals surface area contributed by atoms with Gasteiger partial charge in [-0.3, -0.25) is 0 Å². The van der Waals surface area contributed by atoms with Crippen LogP contribution in [-0.4, -0.2) is 85.2 Å².